The highest BCUT2D eigenvalue weighted by Gasteiger charge is 2.09. The maximum absolute atomic E-state index is 8.76. The summed E-state index contributed by atoms with van der Waals surface area (Å²) in [7, 11) is 1.64. The number of nitrogens with zero attached hydrogens (tertiary/aromatic N) is 1. The van der Waals surface area contributed by atoms with Gasteiger partial charge in [-0.1, -0.05) is 19.0 Å². The number of ether oxygens (including phenoxy) is 1. The lowest BCUT2D eigenvalue weighted by Crippen LogP contribution is -2.26. The number of nitrogens with one attached hydrogen (secondary N) is 1. The van der Waals surface area contributed by atoms with Crippen molar-refractivity contribution in [3.63, 3.8) is 0 Å². The van der Waals surface area contributed by atoms with Crippen LogP contribution in [0.2, 0.25) is 0 Å². The van der Waals surface area contributed by atoms with E-state index in [2.05, 4.69) is 31.2 Å². The lowest BCUT2D eigenvalue weighted by molar-refractivity contribution is 0.318. The first kappa shape index (κ1) is 17.3. The molecule has 5 nitrogen and oxygen atoms in total. The maximum Gasteiger partial charge on any atom is 0.170 e. The molecular weight excluding hydrogens is 266 g/mol. The van der Waals surface area contributed by atoms with Crippen LogP contribution >= 0.6 is 0 Å². The van der Waals surface area contributed by atoms with Gasteiger partial charge in [-0.2, -0.15) is 0 Å². The summed E-state index contributed by atoms with van der Waals surface area (Å²) in [6.45, 7) is 7.34. The average Bonchev–Trinajstić information content (AvgIpc) is 2.49. The molecule has 0 aromatic heterocycles. The van der Waals surface area contributed by atoms with Gasteiger partial charge in [-0.3, -0.25) is 0 Å². The van der Waals surface area contributed by atoms with Crippen LogP contribution in [0.5, 0.6) is 5.75 Å². The molecular formula is C16H27N3O2. The highest BCUT2D eigenvalue weighted by molar-refractivity contribution is 5.97. The Kier molecular flexibility index (Phi) is 7.02. The molecule has 0 aliphatic rings. The third kappa shape index (κ3) is 5.63. The molecule has 1 aromatic carbocycles. The predicted molar refractivity (Wildman–Crippen MR) is 85.9 cm³/mol. The summed E-state index contributed by atoms with van der Waals surface area (Å²) in [6, 6.07) is 5.93. The molecule has 1 aromatic rings. The SMILES string of the molecule is COc1ccc(/C(N)=N/O)cc1CNC(C)CCC(C)C. The van der Waals surface area contributed by atoms with Crippen molar-refractivity contribution in [1.29, 1.82) is 0 Å². The van der Waals surface area contributed by atoms with Gasteiger partial charge in [0.15, 0.2) is 5.84 Å². The van der Waals surface area contributed by atoms with Crippen LogP contribution in [0.3, 0.4) is 0 Å². The second-order valence-corrected chi connectivity index (χ2v) is 5.77. The van der Waals surface area contributed by atoms with Crippen molar-refractivity contribution < 1.29 is 9.94 Å². The van der Waals surface area contributed by atoms with Crippen LogP contribution in [-0.4, -0.2) is 24.2 Å². The van der Waals surface area contributed by atoms with Crippen molar-refractivity contribution in [3.8, 4) is 5.75 Å². The van der Waals surface area contributed by atoms with E-state index >= 15 is 0 Å². The Hall–Kier alpha value is -1.75. The zero-order valence-corrected chi connectivity index (χ0v) is 13.4. The molecule has 0 radical (unpaired) electrons. The van der Waals surface area contributed by atoms with Gasteiger partial charge in [-0.05, 0) is 43.9 Å². The quantitative estimate of drug-likeness (QED) is 0.298. The molecule has 118 valence electrons. The molecule has 0 saturated heterocycles. The van der Waals surface area contributed by atoms with Crippen LogP contribution in [0, 0.1) is 5.92 Å². The molecule has 0 aliphatic heterocycles. The number of amidine groups is 1. The smallest absolute Gasteiger partial charge is 0.170 e. The van der Waals surface area contributed by atoms with E-state index in [1.807, 2.05) is 12.1 Å². The largest absolute Gasteiger partial charge is 0.496 e. The van der Waals surface area contributed by atoms with Crippen LogP contribution in [0.15, 0.2) is 23.4 Å². The summed E-state index contributed by atoms with van der Waals surface area (Å²) in [4.78, 5) is 0. The Morgan fingerprint density at radius 3 is 2.62 bits per heavy atom. The van der Waals surface area contributed by atoms with Gasteiger partial charge < -0.3 is 21.0 Å². The van der Waals surface area contributed by atoms with Gasteiger partial charge in [0.1, 0.15) is 5.75 Å². The van der Waals surface area contributed by atoms with Gasteiger partial charge in [0.25, 0.3) is 0 Å². The van der Waals surface area contributed by atoms with Crippen LogP contribution in [0.25, 0.3) is 0 Å². The van der Waals surface area contributed by atoms with Crippen LogP contribution in [-0.2, 0) is 6.54 Å². The maximum atomic E-state index is 8.76. The molecule has 1 unspecified atom stereocenters. The van der Waals surface area contributed by atoms with Gasteiger partial charge in [0.05, 0.1) is 7.11 Å². The molecule has 0 fully saturated rings. The van der Waals surface area contributed by atoms with E-state index in [0.717, 1.165) is 17.7 Å². The monoisotopic (exact) mass is 293 g/mol. The van der Waals surface area contributed by atoms with E-state index in [9.17, 15) is 0 Å². The normalized spacial score (nSPS) is 13.5. The minimum Gasteiger partial charge on any atom is -0.496 e. The van der Waals surface area contributed by atoms with Crippen LogP contribution in [0.4, 0.5) is 0 Å². The Morgan fingerprint density at radius 2 is 2.05 bits per heavy atom. The molecule has 5 heteroatoms. The summed E-state index contributed by atoms with van der Waals surface area (Å²) in [6.07, 6.45) is 2.34. The van der Waals surface area contributed by atoms with Gasteiger partial charge in [0, 0.05) is 23.7 Å². The lowest BCUT2D eigenvalue weighted by atomic mass is 10.0. The Morgan fingerprint density at radius 1 is 1.33 bits per heavy atom. The molecule has 1 atom stereocenters. The third-order valence-electron chi connectivity index (χ3n) is 3.50. The minimum atomic E-state index is 0.103. The Bertz CT molecular complexity index is 473. The predicted octanol–water partition coefficient (Wildman–Crippen LogP) is 2.70. The highest BCUT2D eigenvalue weighted by atomic mass is 16.5. The molecule has 0 amide bonds. The van der Waals surface area contributed by atoms with Gasteiger partial charge in [-0.25, -0.2) is 0 Å². The van der Waals surface area contributed by atoms with Gasteiger partial charge >= 0.3 is 0 Å². The summed E-state index contributed by atoms with van der Waals surface area (Å²) in [5.74, 6) is 1.62. The first-order valence-electron chi connectivity index (χ1n) is 7.36. The first-order chi connectivity index (χ1) is 9.97. The minimum absolute atomic E-state index is 0.103. The van der Waals surface area contributed by atoms with E-state index in [-0.39, 0.29) is 5.84 Å². The highest BCUT2D eigenvalue weighted by Crippen LogP contribution is 2.20. The lowest BCUT2D eigenvalue weighted by Gasteiger charge is -2.17. The summed E-state index contributed by atoms with van der Waals surface area (Å²) in [5.41, 5.74) is 7.31. The van der Waals surface area contributed by atoms with Crippen LogP contribution in [0.1, 0.15) is 44.7 Å². The zero-order valence-electron chi connectivity index (χ0n) is 13.4. The number of methoxy groups -OCH3 is 1. The number of benzene rings is 1. The number of nitrogens with two attached hydrogens (primary N) is 1. The number of hydrogen-bond acceptors (Lipinski definition) is 4. The van der Waals surface area contributed by atoms with E-state index < -0.39 is 0 Å². The van der Waals surface area contributed by atoms with Crippen molar-refractivity contribution in [3.05, 3.63) is 29.3 Å². The molecule has 0 aliphatic carbocycles. The third-order valence-corrected chi connectivity index (χ3v) is 3.50. The van der Waals surface area contributed by atoms with Gasteiger partial charge in [0.2, 0.25) is 0 Å². The fourth-order valence-corrected chi connectivity index (χ4v) is 2.10. The molecule has 1 rings (SSSR count). The van der Waals surface area contributed by atoms with E-state index in [1.54, 1.807) is 13.2 Å². The topological polar surface area (TPSA) is 79.9 Å². The van der Waals surface area contributed by atoms with Crippen molar-refractivity contribution in [2.24, 2.45) is 16.8 Å². The summed E-state index contributed by atoms with van der Waals surface area (Å²) in [5, 5.41) is 15.3. The molecule has 0 heterocycles. The van der Waals surface area contributed by atoms with E-state index in [4.69, 9.17) is 15.7 Å². The van der Waals surface area contributed by atoms with Crippen molar-refractivity contribution in [1.82, 2.24) is 5.32 Å². The number of rotatable bonds is 8. The second kappa shape index (κ2) is 8.52. The van der Waals surface area contributed by atoms with Gasteiger partial charge in [-0.15, -0.1) is 0 Å². The molecule has 0 spiro atoms. The fraction of sp³-hybridized carbons (Fsp3) is 0.562. The van der Waals surface area contributed by atoms with E-state index in [0.29, 0.717) is 24.1 Å². The molecule has 0 saturated carbocycles. The van der Waals surface area contributed by atoms with Crippen molar-refractivity contribution in [2.45, 2.75) is 46.2 Å². The fourth-order valence-electron chi connectivity index (χ4n) is 2.10. The number of oxime groups is 1. The van der Waals surface area contributed by atoms with Crippen LogP contribution < -0.4 is 15.8 Å². The Balaban J connectivity index is 2.72. The average molecular weight is 293 g/mol. The summed E-state index contributed by atoms with van der Waals surface area (Å²) < 4.78 is 5.36. The molecule has 0 bridgehead atoms. The first-order valence-corrected chi connectivity index (χ1v) is 7.36. The standard InChI is InChI=1S/C16H27N3O2/c1-11(2)5-6-12(3)18-10-14-9-13(16(17)19-20)7-8-15(14)21-4/h7-9,11-12,18,20H,5-6,10H2,1-4H3,(H2,17,19). The Labute approximate surface area is 127 Å². The molecule has 21 heavy (non-hydrogen) atoms. The van der Waals surface area contributed by atoms with E-state index in [1.165, 1.54) is 6.42 Å². The summed E-state index contributed by atoms with van der Waals surface area (Å²) >= 11 is 0. The van der Waals surface area contributed by atoms with Crippen molar-refractivity contribution in [2.75, 3.05) is 7.11 Å². The zero-order chi connectivity index (χ0) is 15.8. The number of hydrogen-bond donors (Lipinski definition) is 3. The molecule has 4 N–H and O–H groups in total. The van der Waals surface area contributed by atoms with Crippen molar-refractivity contribution >= 4 is 5.84 Å². The second-order valence-electron chi connectivity index (χ2n) is 5.77.